The third kappa shape index (κ3) is 5.44. The highest BCUT2D eigenvalue weighted by atomic mass is 35.5. The third-order valence-corrected chi connectivity index (χ3v) is 5.79. The van der Waals surface area contributed by atoms with Crippen molar-refractivity contribution in [2.45, 2.75) is 39.5 Å². The number of halogens is 1. The second-order valence-corrected chi connectivity index (χ2v) is 7.83. The van der Waals surface area contributed by atoms with Gasteiger partial charge in [-0.2, -0.15) is 0 Å². The maximum absolute atomic E-state index is 13.1. The summed E-state index contributed by atoms with van der Waals surface area (Å²) < 4.78 is 10.9. The summed E-state index contributed by atoms with van der Waals surface area (Å²) in [7, 11) is 3.37. The Hall–Kier alpha value is -2.86. The van der Waals surface area contributed by atoms with Crippen LogP contribution in [0.15, 0.2) is 52.1 Å². The number of methoxy groups -OCH3 is 2. The van der Waals surface area contributed by atoms with E-state index >= 15 is 0 Å². The number of hydrogen-bond donors (Lipinski definition) is 1. The van der Waals surface area contributed by atoms with Crippen molar-refractivity contribution in [3.05, 3.63) is 73.7 Å². The monoisotopic (exact) mass is 441 g/mol. The van der Waals surface area contributed by atoms with E-state index in [1.54, 1.807) is 26.5 Å². The summed E-state index contributed by atoms with van der Waals surface area (Å²) in [6.07, 6.45) is 10.3. The number of fused-ring (bicyclic) bond motifs is 2. The van der Waals surface area contributed by atoms with Crippen molar-refractivity contribution in [1.82, 2.24) is 15.3 Å². The Balaban J connectivity index is 1.85. The molecule has 3 rings (SSSR count). The first kappa shape index (κ1) is 22.8. The van der Waals surface area contributed by atoms with E-state index in [0.717, 1.165) is 54.0 Å². The van der Waals surface area contributed by atoms with Gasteiger partial charge >= 0.3 is 0 Å². The van der Waals surface area contributed by atoms with Gasteiger partial charge in [0.2, 0.25) is 0 Å². The first-order valence-corrected chi connectivity index (χ1v) is 10.7. The predicted molar refractivity (Wildman–Crippen MR) is 125 cm³/mol. The largest absolute Gasteiger partial charge is 0.501 e. The fourth-order valence-electron chi connectivity index (χ4n) is 3.61. The van der Waals surface area contributed by atoms with Crippen LogP contribution in [0.3, 0.4) is 0 Å². The number of pyridine rings is 1. The molecule has 2 aromatic rings. The van der Waals surface area contributed by atoms with E-state index in [9.17, 15) is 4.79 Å². The molecule has 1 aliphatic carbocycles. The van der Waals surface area contributed by atoms with Crippen LogP contribution in [0.25, 0.3) is 17.1 Å². The van der Waals surface area contributed by atoms with E-state index in [2.05, 4.69) is 15.3 Å². The van der Waals surface area contributed by atoms with Gasteiger partial charge in [-0.15, -0.1) is 0 Å². The van der Waals surface area contributed by atoms with Gasteiger partial charge in [-0.3, -0.25) is 4.79 Å². The number of allylic oxidation sites excluding steroid dienone is 4. The smallest absolute Gasteiger partial charge is 0.197 e. The van der Waals surface area contributed by atoms with Crippen LogP contribution in [0.1, 0.15) is 44.2 Å². The van der Waals surface area contributed by atoms with Crippen LogP contribution in [0, 0.1) is 0 Å². The van der Waals surface area contributed by atoms with Gasteiger partial charge in [0, 0.05) is 36.6 Å². The number of hydrogen-bond acceptors (Lipinski definition) is 6. The van der Waals surface area contributed by atoms with E-state index in [1.807, 2.05) is 26.0 Å². The molecule has 7 heteroatoms. The van der Waals surface area contributed by atoms with Crippen LogP contribution in [-0.2, 0) is 15.9 Å². The standard InChI is InChI=1S/C24H28ClN3O3/c1-5-20(31-4)9-7-16(15(2)30-3)12-26-19-8-6-17-13-27-24-22(10-18(25)14-28-24)23(29)21(17)11-19/h5,10-11,13-14,26H,6-9,12H2,1-4H3/b16-15-,20-5+. The summed E-state index contributed by atoms with van der Waals surface area (Å²) in [6.45, 7) is 4.57. The summed E-state index contributed by atoms with van der Waals surface area (Å²) >= 11 is 6.06. The van der Waals surface area contributed by atoms with E-state index in [0.29, 0.717) is 28.2 Å². The van der Waals surface area contributed by atoms with E-state index in [1.165, 1.54) is 6.20 Å². The molecule has 0 unspecified atom stereocenters. The minimum Gasteiger partial charge on any atom is -0.501 e. The molecular formula is C24H28ClN3O3. The number of nitrogens with one attached hydrogen (secondary N) is 1. The highest BCUT2D eigenvalue weighted by Crippen LogP contribution is 2.22. The minimum absolute atomic E-state index is 0.0989. The van der Waals surface area contributed by atoms with E-state index in [-0.39, 0.29) is 5.43 Å². The fraction of sp³-hybridized carbons (Fsp3) is 0.375. The van der Waals surface area contributed by atoms with E-state index < -0.39 is 0 Å². The van der Waals surface area contributed by atoms with Crippen LogP contribution in [0.4, 0.5) is 0 Å². The van der Waals surface area contributed by atoms with Crippen LogP contribution in [-0.4, -0.2) is 30.7 Å². The topological polar surface area (TPSA) is 73.3 Å². The van der Waals surface area contributed by atoms with Crippen LogP contribution in [0.2, 0.25) is 5.02 Å². The fourth-order valence-corrected chi connectivity index (χ4v) is 3.76. The Bertz CT molecular complexity index is 1120. The molecule has 0 saturated heterocycles. The van der Waals surface area contributed by atoms with Crippen LogP contribution < -0.4 is 10.7 Å². The molecule has 1 N–H and O–H groups in total. The van der Waals surface area contributed by atoms with Crippen molar-refractivity contribution in [3.8, 4) is 0 Å². The maximum atomic E-state index is 13.1. The van der Waals surface area contributed by atoms with Crippen LogP contribution in [0.5, 0.6) is 0 Å². The lowest BCUT2D eigenvalue weighted by Gasteiger charge is -2.19. The van der Waals surface area contributed by atoms with Gasteiger partial charge in [-0.25, -0.2) is 9.97 Å². The van der Waals surface area contributed by atoms with Gasteiger partial charge in [-0.05, 0) is 62.5 Å². The molecule has 6 nitrogen and oxygen atoms in total. The third-order valence-electron chi connectivity index (χ3n) is 5.58. The Morgan fingerprint density at radius 1 is 1.19 bits per heavy atom. The molecule has 0 bridgehead atoms. The van der Waals surface area contributed by atoms with Gasteiger partial charge in [0.15, 0.2) is 11.1 Å². The molecule has 0 radical (unpaired) electrons. The molecule has 0 aliphatic heterocycles. The SMILES string of the molecule is C/C=C(\CC/C(CNC1=Cc2c(cnc3ncc(Cl)cc3c2=O)CC1)=C(\C)OC)OC. The normalized spacial score (nSPS) is 14.5. The summed E-state index contributed by atoms with van der Waals surface area (Å²) in [4.78, 5) is 21.7. The number of aryl methyl sites for hydroxylation is 1. The Morgan fingerprint density at radius 2 is 1.97 bits per heavy atom. The Kier molecular flexibility index (Phi) is 7.69. The molecule has 2 heterocycles. The lowest BCUT2D eigenvalue weighted by molar-refractivity contribution is 0.270. The highest BCUT2D eigenvalue weighted by Gasteiger charge is 2.16. The minimum atomic E-state index is -0.0989. The summed E-state index contributed by atoms with van der Waals surface area (Å²) in [5.74, 6) is 1.84. The second kappa shape index (κ2) is 10.4. The average Bonchev–Trinajstić information content (AvgIpc) is 2.92. The van der Waals surface area contributed by atoms with Gasteiger partial charge in [0.25, 0.3) is 0 Å². The maximum Gasteiger partial charge on any atom is 0.197 e. The second-order valence-electron chi connectivity index (χ2n) is 7.40. The lowest BCUT2D eigenvalue weighted by atomic mass is 9.97. The zero-order valence-corrected chi connectivity index (χ0v) is 19.2. The van der Waals surface area contributed by atoms with Crippen molar-refractivity contribution in [2.24, 2.45) is 0 Å². The molecule has 0 amide bonds. The number of rotatable bonds is 8. The first-order chi connectivity index (χ1) is 15.0. The van der Waals surface area contributed by atoms with Gasteiger partial charge in [0.05, 0.1) is 36.1 Å². The van der Waals surface area contributed by atoms with Gasteiger partial charge in [0.1, 0.15) is 0 Å². The van der Waals surface area contributed by atoms with Gasteiger partial charge < -0.3 is 14.8 Å². The Labute approximate surface area is 187 Å². The zero-order chi connectivity index (χ0) is 22.4. The van der Waals surface area contributed by atoms with Crippen molar-refractivity contribution in [1.29, 1.82) is 0 Å². The Morgan fingerprint density at radius 3 is 2.68 bits per heavy atom. The molecule has 31 heavy (non-hydrogen) atoms. The zero-order valence-electron chi connectivity index (χ0n) is 18.4. The highest BCUT2D eigenvalue weighted by molar-refractivity contribution is 6.31. The average molecular weight is 442 g/mol. The molecule has 0 atom stereocenters. The molecule has 2 aromatic heterocycles. The summed E-state index contributed by atoms with van der Waals surface area (Å²) in [6, 6.07) is 1.63. The summed E-state index contributed by atoms with van der Waals surface area (Å²) in [5, 5.41) is 4.35. The molecule has 1 aliphatic rings. The first-order valence-electron chi connectivity index (χ1n) is 10.3. The number of nitrogens with zero attached hydrogens (tertiary/aromatic N) is 2. The van der Waals surface area contributed by atoms with Crippen LogP contribution >= 0.6 is 11.6 Å². The van der Waals surface area contributed by atoms with Gasteiger partial charge in [-0.1, -0.05) is 11.6 Å². The summed E-state index contributed by atoms with van der Waals surface area (Å²) in [5.41, 5.74) is 4.05. The number of aromatic nitrogens is 2. The molecule has 0 spiro atoms. The molecule has 0 saturated carbocycles. The molecular weight excluding hydrogens is 414 g/mol. The quantitative estimate of drug-likeness (QED) is 0.595. The molecule has 0 fully saturated rings. The van der Waals surface area contributed by atoms with E-state index in [4.69, 9.17) is 21.1 Å². The van der Waals surface area contributed by atoms with Crippen molar-refractivity contribution >= 4 is 28.7 Å². The lowest BCUT2D eigenvalue weighted by Crippen LogP contribution is -2.21. The van der Waals surface area contributed by atoms with Crippen molar-refractivity contribution in [2.75, 3.05) is 20.8 Å². The van der Waals surface area contributed by atoms with Crippen molar-refractivity contribution < 1.29 is 9.47 Å². The van der Waals surface area contributed by atoms with Crippen molar-refractivity contribution in [3.63, 3.8) is 0 Å². The molecule has 164 valence electrons. The predicted octanol–water partition coefficient (Wildman–Crippen LogP) is 4.77. The molecule has 0 aromatic carbocycles. The number of ether oxygens (including phenoxy) is 2.